The minimum Gasteiger partial charge on any atom is -0.334 e. The summed E-state index contributed by atoms with van der Waals surface area (Å²) in [5, 5.41) is 6.87. The Balaban J connectivity index is 1.56. The molecule has 0 radical (unpaired) electrons. The first-order chi connectivity index (χ1) is 13.8. The fraction of sp³-hybridized carbons (Fsp3) is 0.417. The van der Waals surface area contributed by atoms with E-state index in [0.717, 1.165) is 35.6 Å². The van der Waals surface area contributed by atoms with Crippen LogP contribution in [-0.4, -0.2) is 33.2 Å². The van der Waals surface area contributed by atoms with Gasteiger partial charge in [0.1, 0.15) is 11.4 Å². The first-order valence-electron chi connectivity index (χ1n) is 10.3. The summed E-state index contributed by atoms with van der Waals surface area (Å²) < 4.78 is 1.83. The number of carbonyl (C=O) groups excluding carboxylic acids is 1. The van der Waals surface area contributed by atoms with E-state index >= 15 is 0 Å². The molecule has 2 fully saturated rings. The second kappa shape index (κ2) is 6.56. The van der Waals surface area contributed by atoms with E-state index in [-0.39, 0.29) is 16.7 Å². The van der Waals surface area contributed by atoms with Gasteiger partial charge >= 0.3 is 0 Å². The van der Waals surface area contributed by atoms with E-state index in [0.29, 0.717) is 11.7 Å². The number of hydrogen-bond donors (Lipinski definition) is 0. The monoisotopic (exact) mass is 405 g/mol. The van der Waals surface area contributed by atoms with Gasteiger partial charge in [0.2, 0.25) is 0 Å². The van der Waals surface area contributed by atoms with Crippen molar-refractivity contribution in [2.24, 2.45) is 10.8 Å². The van der Waals surface area contributed by atoms with Crippen LogP contribution in [0.2, 0.25) is 0 Å². The lowest BCUT2D eigenvalue weighted by molar-refractivity contribution is 0.0699. The van der Waals surface area contributed by atoms with Gasteiger partial charge in [-0.25, -0.2) is 4.68 Å². The van der Waals surface area contributed by atoms with Crippen molar-refractivity contribution in [3.8, 4) is 16.3 Å². The van der Waals surface area contributed by atoms with Crippen molar-refractivity contribution in [2.75, 3.05) is 6.54 Å². The van der Waals surface area contributed by atoms with Gasteiger partial charge in [0, 0.05) is 12.6 Å². The normalized spacial score (nSPS) is 25.3. The highest BCUT2D eigenvalue weighted by molar-refractivity contribution is 7.13. The number of likely N-dealkylation sites (tertiary alicyclic amines) is 1. The molecule has 1 saturated carbocycles. The largest absolute Gasteiger partial charge is 0.334 e. The minimum absolute atomic E-state index is 0.107. The van der Waals surface area contributed by atoms with Crippen molar-refractivity contribution in [2.45, 2.75) is 46.1 Å². The third-order valence-corrected chi connectivity index (χ3v) is 7.27. The number of carbonyl (C=O) groups is 1. The standard InChI is InChI=1S/C24H27N3OS/c1-23(2)13-18-14-24(3,15-23)16-26(18)22(28)20-12-19(21-10-7-11-29-21)25-27(20)17-8-5-4-6-9-17/h4-12,18H,13-16H2,1-3H3/t18-,24-/m0/s1. The highest BCUT2D eigenvalue weighted by atomic mass is 32.1. The van der Waals surface area contributed by atoms with Crippen LogP contribution in [-0.2, 0) is 0 Å². The van der Waals surface area contributed by atoms with Crippen LogP contribution in [0.1, 0.15) is 50.5 Å². The van der Waals surface area contributed by atoms with E-state index in [1.165, 1.54) is 6.42 Å². The number of hydrogen-bond acceptors (Lipinski definition) is 3. The van der Waals surface area contributed by atoms with Crippen molar-refractivity contribution in [3.63, 3.8) is 0 Å². The average molecular weight is 406 g/mol. The van der Waals surface area contributed by atoms with Crippen molar-refractivity contribution >= 4 is 17.2 Å². The minimum atomic E-state index is 0.107. The molecule has 29 heavy (non-hydrogen) atoms. The summed E-state index contributed by atoms with van der Waals surface area (Å²) in [6, 6.07) is 16.4. The number of fused-ring (bicyclic) bond motifs is 2. The molecule has 0 N–H and O–H groups in total. The number of aromatic nitrogens is 2. The number of para-hydroxylation sites is 1. The molecule has 3 aromatic rings. The maximum absolute atomic E-state index is 13.8. The molecular weight excluding hydrogens is 378 g/mol. The zero-order valence-corrected chi connectivity index (χ0v) is 18.1. The molecule has 4 nitrogen and oxygen atoms in total. The molecule has 0 spiro atoms. The van der Waals surface area contributed by atoms with Crippen molar-refractivity contribution < 1.29 is 4.79 Å². The SMILES string of the molecule is CC1(C)C[C@H]2C[C@](C)(CN2C(=O)c2cc(-c3cccs3)nn2-c2ccccc2)C1. The zero-order chi connectivity index (χ0) is 20.2. The molecule has 2 atom stereocenters. The molecule has 5 heteroatoms. The third kappa shape index (κ3) is 3.31. The molecule has 2 bridgehead atoms. The van der Waals surface area contributed by atoms with Gasteiger partial charge in [0.15, 0.2) is 0 Å². The third-order valence-electron chi connectivity index (χ3n) is 6.38. The fourth-order valence-corrected chi connectivity index (χ4v) is 6.37. The molecule has 0 unspecified atom stereocenters. The summed E-state index contributed by atoms with van der Waals surface area (Å²) in [6.45, 7) is 7.87. The summed E-state index contributed by atoms with van der Waals surface area (Å²) in [7, 11) is 0. The lowest BCUT2D eigenvalue weighted by atomic mass is 9.65. The van der Waals surface area contributed by atoms with Gasteiger partial charge in [-0.15, -0.1) is 11.3 Å². The van der Waals surface area contributed by atoms with E-state index in [9.17, 15) is 4.79 Å². The quantitative estimate of drug-likeness (QED) is 0.565. The van der Waals surface area contributed by atoms with Gasteiger partial charge in [-0.05, 0) is 59.7 Å². The first kappa shape index (κ1) is 18.6. The van der Waals surface area contributed by atoms with E-state index < -0.39 is 0 Å². The summed E-state index contributed by atoms with van der Waals surface area (Å²) in [4.78, 5) is 17.0. The zero-order valence-electron chi connectivity index (χ0n) is 17.3. The van der Waals surface area contributed by atoms with Crippen molar-refractivity contribution in [3.05, 3.63) is 59.6 Å². The highest BCUT2D eigenvalue weighted by Gasteiger charge is 2.51. The number of benzene rings is 1. The molecule has 1 aliphatic heterocycles. The second-order valence-corrected chi connectivity index (χ2v) is 10.7. The predicted octanol–water partition coefficient (Wildman–Crippen LogP) is 5.64. The van der Waals surface area contributed by atoms with Gasteiger partial charge in [-0.2, -0.15) is 5.10 Å². The maximum Gasteiger partial charge on any atom is 0.272 e. The lowest BCUT2D eigenvalue weighted by Gasteiger charge is -2.39. The smallest absolute Gasteiger partial charge is 0.272 e. The van der Waals surface area contributed by atoms with Crippen LogP contribution in [0.5, 0.6) is 0 Å². The van der Waals surface area contributed by atoms with Crippen LogP contribution >= 0.6 is 11.3 Å². The Labute approximate surface area is 176 Å². The van der Waals surface area contributed by atoms with Crippen LogP contribution in [0, 0.1) is 10.8 Å². The van der Waals surface area contributed by atoms with E-state index in [4.69, 9.17) is 5.10 Å². The molecule has 1 amide bonds. The Bertz CT molecular complexity index is 1040. The van der Waals surface area contributed by atoms with Crippen LogP contribution < -0.4 is 0 Å². The number of rotatable bonds is 3. The van der Waals surface area contributed by atoms with E-state index in [1.807, 2.05) is 52.5 Å². The molecule has 1 saturated heterocycles. The van der Waals surface area contributed by atoms with E-state index in [1.54, 1.807) is 11.3 Å². The Hall–Kier alpha value is -2.40. The van der Waals surface area contributed by atoms with Crippen LogP contribution in [0.4, 0.5) is 0 Å². The summed E-state index contributed by atoms with van der Waals surface area (Å²) in [6.07, 6.45) is 3.36. The maximum atomic E-state index is 13.8. The van der Waals surface area contributed by atoms with Gasteiger partial charge in [-0.3, -0.25) is 4.79 Å². The second-order valence-electron chi connectivity index (χ2n) is 9.79. The summed E-state index contributed by atoms with van der Waals surface area (Å²) in [5.74, 6) is 0.107. The molecule has 2 aromatic heterocycles. The van der Waals surface area contributed by atoms with E-state index in [2.05, 4.69) is 31.7 Å². The van der Waals surface area contributed by atoms with Crippen LogP contribution in [0.25, 0.3) is 16.3 Å². The fourth-order valence-electron chi connectivity index (χ4n) is 5.69. The number of thiophene rings is 1. The molecular formula is C24H27N3OS. The molecule has 1 aliphatic carbocycles. The van der Waals surface area contributed by atoms with Gasteiger partial charge in [0.05, 0.1) is 10.6 Å². The Morgan fingerprint density at radius 1 is 1.10 bits per heavy atom. The van der Waals surface area contributed by atoms with Crippen LogP contribution in [0.3, 0.4) is 0 Å². The highest BCUT2D eigenvalue weighted by Crippen LogP contribution is 2.52. The molecule has 150 valence electrons. The Kier molecular flexibility index (Phi) is 4.21. The topological polar surface area (TPSA) is 38.1 Å². The van der Waals surface area contributed by atoms with Gasteiger partial charge < -0.3 is 4.90 Å². The lowest BCUT2D eigenvalue weighted by Crippen LogP contribution is -2.38. The van der Waals surface area contributed by atoms with Gasteiger partial charge in [-0.1, -0.05) is 45.0 Å². The molecule has 5 rings (SSSR count). The average Bonchev–Trinajstić information content (AvgIpc) is 3.38. The number of amides is 1. The van der Waals surface area contributed by atoms with Crippen LogP contribution in [0.15, 0.2) is 53.9 Å². The molecule has 3 heterocycles. The Morgan fingerprint density at radius 3 is 2.62 bits per heavy atom. The first-order valence-corrected chi connectivity index (χ1v) is 11.2. The number of nitrogens with zero attached hydrogens (tertiary/aromatic N) is 3. The molecule has 2 aliphatic rings. The Morgan fingerprint density at radius 2 is 1.90 bits per heavy atom. The van der Waals surface area contributed by atoms with Crippen molar-refractivity contribution in [1.29, 1.82) is 0 Å². The van der Waals surface area contributed by atoms with Crippen molar-refractivity contribution in [1.82, 2.24) is 14.7 Å². The summed E-state index contributed by atoms with van der Waals surface area (Å²) >= 11 is 1.65. The van der Waals surface area contributed by atoms with Gasteiger partial charge in [0.25, 0.3) is 5.91 Å². The summed E-state index contributed by atoms with van der Waals surface area (Å²) in [5.41, 5.74) is 2.95. The molecule has 1 aromatic carbocycles. The predicted molar refractivity (Wildman–Crippen MR) is 117 cm³/mol.